The van der Waals surface area contributed by atoms with Gasteiger partial charge in [0.1, 0.15) is 30.0 Å². The number of benzene rings is 3. The first-order chi connectivity index (χ1) is 19.5. The van der Waals surface area contributed by atoms with E-state index < -0.39 is 0 Å². The van der Waals surface area contributed by atoms with Crippen molar-refractivity contribution in [1.82, 2.24) is 4.90 Å². The Morgan fingerprint density at radius 3 is 2.52 bits per heavy atom. The van der Waals surface area contributed by atoms with Crippen molar-refractivity contribution in [2.24, 2.45) is 5.92 Å². The molecule has 0 aromatic heterocycles. The molecule has 2 fully saturated rings. The van der Waals surface area contributed by atoms with E-state index in [1.54, 1.807) is 6.07 Å². The normalized spacial score (nSPS) is 22.1. The Hall–Kier alpha value is -3.48. The molecule has 3 heterocycles. The van der Waals surface area contributed by atoms with Gasteiger partial charge in [-0.3, -0.25) is 4.90 Å². The molecule has 0 radical (unpaired) electrons. The first-order valence-electron chi connectivity index (χ1n) is 14.6. The molecule has 210 valence electrons. The van der Waals surface area contributed by atoms with E-state index in [0.29, 0.717) is 12.6 Å². The Bertz CT molecular complexity index is 1360. The third-order valence-corrected chi connectivity index (χ3v) is 8.57. The number of ether oxygens (including phenoxy) is 3. The molecule has 6 nitrogen and oxygen atoms in total. The molecule has 0 bridgehead atoms. The summed E-state index contributed by atoms with van der Waals surface area (Å²) in [6.07, 6.45) is 0.958. The number of anilines is 1. The predicted octanol–water partition coefficient (Wildman–Crippen LogP) is 6.40. The molecule has 6 heteroatoms. The summed E-state index contributed by atoms with van der Waals surface area (Å²) in [7, 11) is 0. The van der Waals surface area contributed by atoms with Crippen LogP contribution >= 0.6 is 0 Å². The van der Waals surface area contributed by atoms with Crippen LogP contribution in [0.3, 0.4) is 0 Å². The molecule has 3 unspecified atom stereocenters. The van der Waals surface area contributed by atoms with Gasteiger partial charge in [0, 0.05) is 48.6 Å². The molecule has 3 aromatic carbocycles. The minimum Gasteiger partial charge on any atom is -0.508 e. The van der Waals surface area contributed by atoms with Crippen LogP contribution < -0.4 is 14.4 Å². The van der Waals surface area contributed by atoms with Crippen molar-refractivity contribution >= 4 is 16.8 Å². The number of likely N-dealkylation sites (tertiary alicyclic amines) is 1. The van der Waals surface area contributed by atoms with Crippen molar-refractivity contribution in [3.05, 3.63) is 83.4 Å². The van der Waals surface area contributed by atoms with Gasteiger partial charge in [0.15, 0.2) is 0 Å². The van der Waals surface area contributed by atoms with Gasteiger partial charge in [-0.25, -0.2) is 0 Å². The monoisotopic (exact) mass is 540 g/mol. The fourth-order valence-corrected chi connectivity index (χ4v) is 6.17. The Balaban J connectivity index is 1.28. The summed E-state index contributed by atoms with van der Waals surface area (Å²) in [5.74, 6) is 2.76. The highest BCUT2D eigenvalue weighted by atomic mass is 16.5. The van der Waals surface area contributed by atoms with E-state index in [0.717, 1.165) is 90.3 Å². The maximum Gasteiger partial charge on any atom is 0.150 e. The molecule has 0 amide bonds. The average Bonchev–Trinajstić information content (AvgIpc) is 3.42. The number of phenolic OH excluding ortho intramolecular Hbond substituents is 1. The minimum atomic E-state index is -0.312. The van der Waals surface area contributed by atoms with Gasteiger partial charge in [-0.2, -0.15) is 0 Å². The van der Waals surface area contributed by atoms with Gasteiger partial charge in [-0.1, -0.05) is 31.2 Å². The first kappa shape index (κ1) is 26.7. The second-order valence-electron chi connectivity index (χ2n) is 11.5. The zero-order chi connectivity index (χ0) is 27.6. The smallest absolute Gasteiger partial charge is 0.150 e. The molecule has 1 N–H and O–H groups in total. The van der Waals surface area contributed by atoms with E-state index in [1.165, 1.54) is 6.42 Å². The van der Waals surface area contributed by atoms with E-state index in [-0.39, 0.29) is 11.9 Å². The number of nitrogens with zero attached hydrogens (tertiary/aromatic N) is 2. The Labute approximate surface area is 237 Å². The van der Waals surface area contributed by atoms with Crippen LogP contribution in [0.25, 0.3) is 11.1 Å². The van der Waals surface area contributed by atoms with Crippen molar-refractivity contribution in [1.29, 1.82) is 0 Å². The van der Waals surface area contributed by atoms with Crippen LogP contribution in [0.5, 0.6) is 17.2 Å². The Morgan fingerprint density at radius 2 is 1.80 bits per heavy atom. The maximum atomic E-state index is 10.3. The molecule has 3 atom stereocenters. The summed E-state index contributed by atoms with van der Waals surface area (Å²) in [6.45, 7) is 12.9. The molecular weight excluding hydrogens is 500 g/mol. The van der Waals surface area contributed by atoms with Gasteiger partial charge in [-0.15, -0.1) is 0 Å². The molecule has 3 aromatic rings. The SMILES string of the molecule is CC1=C(c2cccc(O)c2)C(c2ccc(OCC(C)N3CCC(C)C3)cc2)Oc2cc(N3CCOCC3)ccc21. The third-order valence-electron chi connectivity index (χ3n) is 8.57. The number of rotatable bonds is 7. The lowest BCUT2D eigenvalue weighted by Crippen LogP contribution is -2.36. The van der Waals surface area contributed by atoms with E-state index in [9.17, 15) is 5.11 Å². The van der Waals surface area contributed by atoms with Crippen molar-refractivity contribution in [3.63, 3.8) is 0 Å². The van der Waals surface area contributed by atoms with Gasteiger partial charge in [-0.05, 0) is 85.8 Å². The molecule has 6 rings (SSSR count). The molecule has 3 aliphatic heterocycles. The van der Waals surface area contributed by atoms with E-state index >= 15 is 0 Å². The number of phenols is 1. The molecule has 0 aliphatic carbocycles. The number of morpholine rings is 1. The van der Waals surface area contributed by atoms with Gasteiger partial charge >= 0.3 is 0 Å². The summed E-state index contributed by atoms with van der Waals surface area (Å²) >= 11 is 0. The number of fused-ring (bicyclic) bond motifs is 1. The topological polar surface area (TPSA) is 54.4 Å². The molecule has 2 saturated heterocycles. The first-order valence-corrected chi connectivity index (χ1v) is 14.6. The number of hydrogen-bond donors (Lipinski definition) is 1. The van der Waals surface area contributed by atoms with E-state index in [1.807, 2.05) is 30.3 Å². The van der Waals surface area contributed by atoms with Gasteiger partial charge in [0.25, 0.3) is 0 Å². The lowest BCUT2D eigenvalue weighted by atomic mass is 9.86. The number of aromatic hydroxyl groups is 1. The summed E-state index contributed by atoms with van der Waals surface area (Å²) in [5, 5.41) is 10.3. The standard InChI is InChI=1S/C34H40N2O4/c1-23-13-14-36(21-23)24(2)22-39-30-10-7-26(8-11-30)34-33(27-5-4-6-29(37)19-27)25(3)31-12-9-28(20-32(31)40-34)35-15-17-38-18-16-35/h4-12,19-20,23-24,34,37H,13-18,21-22H2,1-3H3. The van der Waals surface area contributed by atoms with E-state index in [4.69, 9.17) is 14.2 Å². The summed E-state index contributed by atoms with van der Waals surface area (Å²) in [5.41, 5.74) is 6.46. The van der Waals surface area contributed by atoms with E-state index in [2.05, 4.69) is 60.9 Å². The second-order valence-corrected chi connectivity index (χ2v) is 11.5. The summed E-state index contributed by atoms with van der Waals surface area (Å²) in [6, 6.07) is 22.7. The fourth-order valence-electron chi connectivity index (χ4n) is 6.17. The van der Waals surface area contributed by atoms with Crippen molar-refractivity contribution in [3.8, 4) is 17.2 Å². The van der Waals surface area contributed by atoms with Crippen molar-refractivity contribution in [2.75, 3.05) is 50.9 Å². The molecule has 3 aliphatic rings. The minimum absolute atomic E-state index is 0.246. The highest BCUT2D eigenvalue weighted by molar-refractivity contribution is 5.96. The zero-order valence-corrected chi connectivity index (χ0v) is 23.8. The lowest BCUT2D eigenvalue weighted by molar-refractivity contribution is 0.122. The number of allylic oxidation sites excluding steroid dienone is 1. The lowest BCUT2D eigenvalue weighted by Gasteiger charge is -2.33. The van der Waals surface area contributed by atoms with Gasteiger partial charge in [0.05, 0.1) is 13.2 Å². The second kappa shape index (κ2) is 11.6. The van der Waals surface area contributed by atoms with Gasteiger partial charge in [0.2, 0.25) is 0 Å². The van der Waals surface area contributed by atoms with Crippen LogP contribution in [0.1, 0.15) is 50.0 Å². The van der Waals surface area contributed by atoms with Crippen LogP contribution in [0.15, 0.2) is 66.7 Å². The Morgan fingerprint density at radius 1 is 1.00 bits per heavy atom. The molecular formula is C34H40N2O4. The fraction of sp³-hybridized carbons (Fsp3) is 0.412. The maximum absolute atomic E-state index is 10.3. The highest BCUT2D eigenvalue weighted by Crippen LogP contribution is 2.48. The van der Waals surface area contributed by atoms with Crippen molar-refractivity contribution < 1.29 is 19.3 Å². The van der Waals surface area contributed by atoms with Crippen LogP contribution in [-0.4, -0.2) is 62.0 Å². The van der Waals surface area contributed by atoms with Gasteiger partial charge < -0.3 is 24.2 Å². The highest BCUT2D eigenvalue weighted by Gasteiger charge is 2.30. The largest absolute Gasteiger partial charge is 0.508 e. The third kappa shape index (κ3) is 5.56. The summed E-state index contributed by atoms with van der Waals surface area (Å²) < 4.78 is 18.6. The van der Waals surface area contributed by atoms with Crippen LogP contribution in [0.4, 0.5) is 5.69 Å². The molecule has 0 saturated carbocycles. The van der Waals surface area contributed by atoms with Crippen LogP contribution in [-0.2, 0) is 4.74 Å². The predicted molar refractivity (Wildman–Crippen MR) is 160 cm³/mol. The average molecular weight is 541 g/mol. The number of hydrogen-bond acceptors (Lipinski definition) is 6. The van der Waals surface area contributed by atoms with Crippen LogP contribution in [0.2, 0.25) is 0 Å². The molecule has 0 spiro atoms. The zero-order valence-electron chi connectivity index (χ0n) is 23.8. The van der Waals surface area contributed by atoms with Crippen molar-refractivity contribution in [2.45, 2.75) is 39.3 Å². The summed E-state index contributed by atoms with van der Waals surface area (Å²) in [4.78, 5) is 4.87. The Kier molecular flexibility index (Phi) is 7.72. The molecule has 40 heavy (non-hydrogen) atoms. The quantitative estimate of drug-likeness (QED) is 0.374. The van der Waals surface area contributed by atoms with Crippen LogP contribution in [0, 0.1) is 5.92 Å².